The van der Waals surface area contributed by atoms with Crippen molar-refractivity contribution in [2.45, 2.75) is 57.6 Å². The van der Waals surface area contributed by atoms with E-state index in [0.29, 0.717) is 34.8 Å². The molecule has 2 heterocycles. The van der Waals surface area contributed by atoms with E-state index in [1.807, 2.05) is 12.4 Å². The smallest absolute Gasteiger partial charge is 0.405 e. The number of benzene rings is 1. The number of nitriles is 1. The van der Waals surface area contributed by atoms with E-state index in [1.165, 1.54) is 43.2 Å². The molecule has 214 valence electrons. The van der Waals surface area contributed by atoms with Gasteiger partial charge in [0.05, 0.1) is 6.20 Å². The molecule has 5 atom stereocenters. The second-order valence-corrected chi connectivity index (χ2v) is 11.7. The van der Waals surface area contributed by atoms with Crippen LogP contribution in [0.2, 0.25) is 0 Å². The van der Waals surface area contributed by atoms with Crippen molar-refractivity contribution in [3.8, 4) is 11.8 Å². The summed E-state index contributed by atoms with van der Waals surface area (Å²) in [5, 5.41) is 20.0. The summed E-state index contributed by atoms with van der Waals surface area (Å²) >= 11 is 0. The van der Waals surface area contributed by atoms with Gasteiger partial charge in [0.2, 0.25) is 5.95 Å². The summed E-state index contributed by atoms with van der Waals surface area (Å²) in [5.41, 5.74) is 2.05. The van der Waals surface area contributed by atoms with Crippen molar-refractivity contribution in [1.82, 2.24) is 20.3 Å². The molecule has 4 aliphatic carbocycles. The van der Waals surface area contributed by atoms with Gasteiger partial charge in [-0.15, -0.1) is 13.2 Å². The fourth-order valence-corrected chi connectivity index (χ4v) is 7.48. The Morgan fingerprint density at radius 2 is 1.76 bits per heavy atom. The molecule has 0 radical (unpaired) electrons. The van der Waals surface area contributed by atoms with Crippen molar-refractivity contribution in [2.75, 3.05) is 17.2 Å². The molecule has 0 amide bonds. The van der Waals surface area contributed by atoms with Crippen LogP contribution in [0.25, 0.3) is 0 Å². The van der Waals surface area contributed by atoms with Crippen molar-refractivity contribution in [3.63, 3.8) is 0 Å². The van der Waals surface area contributed by atoms with Crippen LogP contribution < -0.4 is 20.7 Å². The van der Waals surface area contributed by atoms with E-state index in [-0.39, 0.29) is 23.7 Å². The predicted octanol–water partition coefficient (Wildman–Crippen LogP) is 5.65. The van der Waals surface area contributed by atoms with Gasteiger partial charge in [0.25, 0.3) is 0 Å². The van der Waals surface area contributed by atoms with Gasteiger partial charge in [0.15, 0.2) is 0 Å². The number of alkyl halides is 3. The first-order chi connectivity index (χ1) is 19.8. The fraction of sp³-hybridized carbons (Fsp3) is 0.467. The van der Waals surface area contributed by atoms with Crippen LogP contribution in [0.1, 0.15) is 48.8 Å². The lowest BCUT2D eigenvalue weighted by molar-refractivity contribution is -0.274. The monoisotopic (exact) mass is 563 g/mol. The number of hydrogen-bond donors (Lipinski definition) is 3. The summed E-state index contributed by atoms with van der Waals surface area (Å²) in [6.07, 6.45) is 6.29. The quantitative estimate of drug-likeness (QED) is 0.291. The van der Waals surface area contributed by atoms with Crippen molar-refractivity contribution >= 4 is 11.8 Å². The van der Waals surface area contributed by atoms with Crippen LogP contribution >= 0.6 is 0 Å². The van der Waals surface area contributed by atoms with Gasteiger partial charge in [-0.2, -0.15) is 10.2 Å². The van der Waals surface area contributed by atoms with Crippen molar-refractivity contribution < 1.29 is 17.9 Å². The lowest BCUT2D eigenvalue weighted by Gasteiger charge is -2.60. The number of hydrogen-bond acceptors (Lipinski definition) is 8. The molecular weight excluding hydrogens is 531 g/mol. The zero-order chi connectivity index (χ0) is 28.5. The highest BCUT2D eigenvalue weighted by Gasteiger charge is 2.55. The van der Waals surface area contributed by atoms with Gasteiger partial charge < -0.3 is 20.7 Å². The van der Waals surface area contributed by atoms with E-state index < -0.39 is 6.36 Å². The topological polar surface area (TPSA) is 108 Å². The minimum absolute atomic E-state index is 0.0282. The first-order valence-corrected chi connectivity index (χ1v) is 14.0. The van der Waals surface area contributed by atoms with E-state index in [9.17, 15) is 18.4 Å². The number of rotatable bonds is 10. The van der Waals surface area contributed by atoms with Crippen molar-refractivity contribution in [1.29, 1.82) is 5.26 Å². The minimum Gasteiger partial charge on any atom is -0.405 e. The third kappa shape index (κ3) is 6.22. The maximum atomic E-state index is 12.8. The lowest BCUT2D eigenvalue weighted by Crippen LogP contribution is -2.59. The van der Waals surface area contributed by atoms with Crippen LogP contribution in [0.5, 0.6) is 5.75 Å². The van der Waals surface area contributed by atoms with Gasteiger partial charge >= 0.3 is 6.36 Å². The summed E-state index contributed by atoms with van der Waals surface area (Å²) in [6.45, 7) is 1.60. The standard InChI is InChI=1S/C30H32F3N7O/c31-30(32,33)41-25-4-2-1-3-21(25)16-37-28-38-17-24(14-34)27(40-28)39-18-29-11-20-9-22(12-29)26(23(10-20)13-29)36-15-19-5-7-35-8-6-19/h1-8,17,20,22-23,26,36H,9-13,15-16,18H2,(H2,37,38,39,40)/t20?,22-,23+,26?,29?. The SMILES string of the molecule is N#Cc1cnc(NCc2ccccc2OC(F)(F)F)nc1NCC12CC3C[C@H](C1)C(NCc1ccncc1)[C@@H](C3)C2. The van der Waals surface area contributed by atoms with E-state index in [2.05, 4.69) is 53.8 Å². The molecule has 4 saturated carbocycles. The van der Waals surface area contributed by atoms with Crippen LogP contribution in [0, 0.1) is 34.5 Å². The maximum absolute atomic E-state index is 12.8. The summed E-state index contributed by atoms with van der Waals surface area (Å²) in [4.78, 5) is 12.8. The molecule has 0 spiro atoms. The second-order valence-electron chi connectivity index (χ2n) is 11.7. The van der Waals surface area contributed by atoms with Gasteiger partial charge in [-0.05, 0) is 79.0 Å². The highest BCUT2D eigenvalue weighted by atomic mass is 19.4. The molecule has 4 aliphatic rings. The lowest BCUT2D eigenvalue weighted by atomic mass is 9.48. The van der Waals surface area contributed by atoms with E-state index in [1.54, 1.807) is 12.1 Å². The fourth-order valence-electron chi connectivity index (χ4n) is 7.48. The number of aromatic nitrogens is 3. The van der Waals surface area contributed by atoms with Gasteiger partial charge in [-0.1, -0.05) is 18.2 Å². The van der Waals surface area contributed by atoms with Gasteiger partial charge in [-0.3, -0.25) is 4.98 Å². The summed E-state index contributed by atoms with van der Waals surface area (Å²) in [5.74, 6) is 2.36. The molecule has 2 aromatic heterocycles. The van der Waals surface area contributed by atoms with Crippen molar-refractivity contribution in [3.05, 3.63) is 71.7 Å². The third-order valence-corrected chi connectivity index (χ3v) is 8.87. The average molecular weight is 564 g/mol. The van der Waals surface area contributed by atoms with Gasteiger partial charge in [0, 0.05) is 43.6 Å². The number of ether oxygens (including phenoxy) is 1. The molecule has 0 aliphatic heterocycles. The van der Waals surface area contributed by atoms with Crippen LogP contribution in [0.3, 0.4) is 0 Å². The Bertz CT molecular complexity index is 1400. The van der Waals surface area contributed by atoms with Crippen LogP contribution in [-0.2, 0) is 13.1 Å². The number of nitrogens with one attached hydrogen (secondary N) is 3. The molecule has 7 rings (SSSR count). The molecule has 0 saturated heterocycles. The molecule has 3 aromatic rings. The van der Waals surface area contributed by atoms with Gasteiger partial charge in [0.1, 0.15) is 23.2 Å². The zero-order valence-electron chi connectivity index (χ0n) is 22.5. The van der Waals surface area contributed by atoms with Crippen molar-refractivity contribution in [2.24, 2.45) is 23.2 Å². The molecule has 4 bridgehead atoms. The van der Waals surface area contributed by atoms with E-state index >= 15 is 0 Å². The summed E-state index contributed by atoms with van der Waals surface area (Å²) in [6, 6.07) is 12.7. The van der Waals surface area contributed by atoms with Gasteiger partial charge in [-0.25, -0.2) is 4.98 Å². The maximum Gasteiger partial charge on any atom is 0.573 e. The first kappa shape index (κ1) is 27.3. The Hall–Kier alpha value is -3.91. The predicted molar refractivity (Wildman–Crippen MR) is 147 cm³/mol. The average Bonchev–Trinajstić information content (AvgIpc) is 2.95. The highest BCUT2D eigenvalue weighted by molar-refractivity contribution is 5.53. The molecule has 11 heteroatoms. The number of para-hydroxylation sites is 1. The molecule has 41 heavy (non-hydrogen) atoms. The van der Waals surface area contributed by atoms with Crippen LogP contribution in [0.4, 0.5) is 24.9 Å². The van der Waals surface area contributed by atoms with E-state index in [0.717, 1.165) is 31.8 Å². The molecule has 3 N–H and O–H groups in total. The molecular formula is C30H32F3N7O. The molecule has 4 fully saturated rings. The second kappa shape index (κ2) is 11.2. The number of halogens is 3. The molecule has 1 aromatic carbocycles. The summed E-state index contributed by atoms with van der Waals surface area (Å²) in [7, 11) is 0. The Morgan fingerprint density at radius 3 is 2.49 bits per heavy atom. The normalized spacial score (nSPS) is 26.4. The highest BCUT2D eigenvalue weighted by Crippen LogP contribution is 2.60. The third-order valence-electron chi connectivity index (χ3n) is 8.87. The zero-order valence-corrected chi connectivity index (χ0v) is 22.5. The van der Waals surface area contributed by atoms with Crippen LogP contribution in [-0.4, -0.2) is 33.9 Å². The number of nitrogens with zero attached hydrogens (tertiary/aromatic N) is 4. The largest absolute Gasteiger partial charge is 0.573 e. The van der Waals surface area contributed by atoms with E-state index in [4.69, 9.17) is 0 Å². The number of anilines is 2. The Labute approximate surface area is 236 Å². The minimum atomic E-state index is -4.79. The number of pyridine rings is 1. The summed E-state index contributed by atoms with van der Waals surface area (Å²) < 4.78 is 42.5. The Morgan fingerprint density at radius 1 is 1.00 bits per heavy atom. The molecule has 8 nitrogen and oxygen atoms in total. The molecule has 3 unspecified atom stereocenters. The first-order valence-electron chi connectivity index (χ1n) is 14.0. The van der Waals surface area contributed by atoms with Crippen LogP contribution in [0.15, 0.2) is 55.0 Å². The Kier molecular flexibility index (Phi) is 7.43. The Balaban J connectivity index is 1.10.